The van der Waals surface area contributed by atoms with Crippen LogP contribution in [0.25, 0.3) is 0 Å². The van der Waals surface area contributed by atoms with Gasteiger partial charge in [-0.15, -0.1) is 0 Å². The SMILES string of the molecule is N#CC1=CNc2ccccc2C1C(Cl)(Cl)Cl. The van der Waals surface area contributed by atoms with Gasteiger partial charge in [-0.1, -0.05) is 53.0 Å². The van der Waals surface area contributed by atoms with Crippen molar-refractivity contribution in [2.45, 2.75) is 9.71 Å². The van der Waals surface area contributed by atoms with E-state index in [2.05, 4.69) is 5.32 Å². The summed E-state index contributed by atoms with van der Waals surface area (Å²) >= 11 is 17.8. The van der Waals surface area contributed by atoms with Gasteiger partial charge < -0.3 is 5.32 Å². The van der Waals surface area contributed by atoms with Crippen LogP contribution in [0, 0.1) is 11.3 Å². The molecule has 82 valence electrons. The Hall–Kier alpha value is -0.880. The fraction of sp³-hybridized carbons (Fsp3) is 0.182. The predicted molar refractivity (Wildman–Crippen MR) is 66.8 cm³/mol. The summed E-state index contributed by atoms with van der Waals surface area (Å²) in [4.78, 5) is 0. The van der Waals surface area contributed by atoms with E-state index in [1.165, 1.54) is 0 Å². The van der Waals surface area contributed by atoms with Crippen molar-refractivity contribution in [3.63, 3.8) is 0 Å². The number of benzene rings is 1. The summed E-state index contributed by atoms with van der Waals surface area (Å²) in [6, 6.07) is 9.50. The summed E-state index contributed by atoms with van der Waals surface area (Å²) in [5.41, 5.74) is 2.10. The third-order valence-electron chi connectivity index (χ3n) is 2.42. The van der Waals surface area contributed by atoms with Crippen molar-refractivity contribution < 1.29 is 0 Å². The van der Waals surface area contributed by atoms with Gasteiger partial charge in [-0.25, -0.2) is 0 Å². The van der Waals surface area contributed by atoms with Crippen LogP contribution in [0.2, 0.25) is 0 Å². The Morgan fingerprint density at radius 2 is 1.94 bits per heavy atom. The molecule has 1 aromatic carbocycles. The largest absolute Gasteiger partial charge is 0.360 e. The molecule has 0 saturated heterocycles. The highest BCUT2D eigenvalue weighted by molar-refractivity contribution is 6.68. The molecule has 5 heteroatoms. The fourth-order valence-electron chi connectivity index (χ4n) is 1.74. The second-order valence-corrected chi connectivity index (χ2v) is 5.79. The van der Waals surface area contributed by atoms with Crippen LogP contribution in [-0.2, 0) is 0 Å². The van der Waals surface area contributed by atoms with Crippen LogP contribution in [0.1, 0.15) is 11.5 Å². The Kier molecular flexibility index (Phi) is 3.03. The van der Waals surface area contributed by atoms with E-state index < -0.39 is 9.71 Å². The molecule has 0 fully saturated rings. The lowest BCUT2D eigenvalue weighted by Gasteiger charge is -2.29. The van der Waals surface area contributed by atoms with Crippen molar-refractivity contribution in [2.24, 2.45) is 0 Å². The minimum absolute atomic E-state index is 0.415. The molecule has 0 aliphatic carbocycles. The van der Waals surface area contributed by atoms with E-state index in [0.717, 1.165) is 11.3 Å². The van der Waals surface area contributed by atoms with Gasteiger partial charge in [-0.2, -0.15) is 5.26 Å². The zero-order valence-electron chi connectivity index (χ0n) is 8.05. The van der Waals surface area contributed by atoms with Crippen molar-refractivity contribution >= 4 is 40.5 Å². The lowest BCUT2D eigenvalue weighted by atomic mass is 9.90. The van der Waals surface area contributed by atoms with Gasteiger partial charge in [0, 0.05) is 11.9 Å². The average molecular weight is 274 g/mol. The summed E-state index contributed by atoms with van der Waals surface area (Å²) in [6.45, 7) is 0. The molecule has 0 saturated carbocycles. The Morgan fingerprint density at radius 1 is 1.25 bits per heavy atom. The first-order valence-corrected chi connectivity index (χ1v) is 5.70. The highest BCUT2D eigenvalue weighted by Gasteiger charge is 2.39. The molecule has 0 aromatic heterocycles. The van der Waals surface area contributed by atoms with Crippen LogP contribution < -0.4 is 5.32 Å². The second kappa shape index (κ2) is 4.18. The molecule has 1 heterocycles. The van der Waals surface area contributed by atoms with Crippen molar-refractivity contribution in [1.29, 1.82) is 5.26 Å². The van der Waals surface area contributed by atoms with Gasteiger partial charge >= 0.3 is 0 Å². The molecule has 2 nitrogen and oxygen atoms in total. The number of nitrogens with one attached hydrogen (secondary N) is 1. The van der Waals surface area contributed by atoms with Gasteiger partial charge in [0.1, 0.15) is 0 Å². The highest BCUT2D eigenvalue weighted by atomic mass is 35.6. The maximum Gasteiger partial charge on any atom is 0.202 e. The molecule has 1 aromatic rings. The topological polar surface area (TPSA) is 35.8 Å². The summed E-state index contributed by atoms with van der Waals surface area (Å²) in [7, 11) is 0. The fourth-order valence-corrected chi connectivity index (χ4v) is 2.44. The Bertz CT molecular complexity index is 483. The van der Waals surface area contributed by atoms with Crippen LogP contribution in [0.4, 0.5) is 5.69 Å². The monoisotopic (exact) mass is 272 g/mol. The minimum Gasteiger partial charge on any atom is -0.360 e. The van der Waals surface area contributed by atoms with Crippen LogP contribution in [-0.4, -0.2) is 3.79 Å². The van der Waals surface area contributed by atoms with E-state index in [1.54, 1.807) is 6.20 Å². The smallest absolute Gasteiger partial charge is 0.202 e. The highest BCUT2D eigenvalue weighted by Crippen LogP contribution is 2.49. The molecule has 1 atom stereocenters. The number of allylic oxidation sites excluding steroid dienone is 1. The molecular weight excluding hydrogens is 266 g/mol. The molecule has 2 rings (SSSR count). The van der Waals surface area contributed by atoms with Gasteiger partial charge in [0.05, 0.1) is 17.6 Å². The van der Waals surface area contributed by atoms with Crippen LogP contribution in [0.3, 0.4) is 0 Å². The number of hydrogen-bond donors (Lipinski definition) is 1. The van der Waals surface area contributed by atoms with Crippen LogP contribution >= 0.6 is 34.8 Å². The molecule has 16 heavy (non-hydrogen) atoms. The Balaban J connectivity index is 2.56. The van der Waals surface area contributed by atoms with Crippen molar-refractivity contribution in [3.8, 4) is 6.07 Å². The number of anilines is 1. The molecule has 0 spiro atoms. The number of para-hydroxylation sites is 1. The number of fused-ring (bicyclic) bond motifs is 1. The third-order valence-corrected chi connectivity index (χ3v) is 3.08. The third kappa shape index (κ3) is 1.99. The quantitative estimate of drug-likeness (QED) is 0.726. The molecule has 0 amide bonds. The molecule has 0 radical (unpaired) electrons. The van der Waals surface area contributed by atoms with Gasteiger partial charge in [0.2, 0.25) is 3.79 Å². The van der Waals surface area contributed by atoms with E-state index in [1.807, 2.05) is 30.3 Å². The van der Waals surface area contributed by atoms with E-state index in [4.69, 9.17) is 40.1 Å². The first-order chi connectivity index (χ1) is 7.54. The zero-order valence-corrected chi connectivity index (χ0v) is 10.3. The minimum atomic E-state index is -1.53. The second-order valence-electron chi connectivity index (χ2n) is 3.42. The molecule has 0 bridgehead atoms. The molecule has 1 N–H and O–H groups in total. The summed E-state index contributed by atoms with van der Waals surface area (Å²) < 4.78 is -1.53. The van der Waals surface area contributed by atoms with Crippen molar-refractivity contribution in [1.82, 2.24) is 0 Å². The number of nitriles is 1. The number of halogens is 3. The number of nitrogens with zero attached hydrogens (tertiary/aromatic N) is 1. The van der Waals surface area contributed by atoms with Gasteiger partial charge in [-0.3, -0.25) is 0 Å². The summed E-state index contributed by atoms with van der Waals surface area (Å²) in [5, 5.41) is 12.0. The van der Waals surface area contributed by atoms with E-state index >= 15 is 0 Å². The first kappa shape index (κ1) is 11.6. The molecule has 1 aliphatic rings. The predicted octanol–water partition coefficient (Wildman–Crippen LogP) is 3.97. The van der Waals surface area contributed by atoms with Gasteiger partial charge in [0.15, 0.2) is 0 Å². The lowest BCUT2D eigenvalue weighted by Crippen LogP contribution is -2.23. The Labute approximate surface area is 108 Å². The van der Waals surface area contributed by atoms with E-state index in [9.17, 15) is 0 Å². The Morgan fingerprint density at radius 3 is 2.56 bits per heavy atom. The first-order valence-electron chi connectivity index (χ1n) is 4.56. The summed E-state index contributed by atoms with van der Waals surface area (Å²) in [5.74, 6) is -0.528. The maximum absolute atomic E-state index is 9.02. The van der Waals surface area contributed by atoms with Crippen molar-refractivity contribution in [3.05, 3.63) is 41.6 Å². The van der Waals surface area contributed by atoms with Crippen LogP contribution in [0.15, 0.2) is 36.0 Å². The number of rotatable bonds is 0. The molecular formula is C11H7Cl3N2. The van der Waals surface area contributed by atoms with Gasteiger partial charge in [-0.05, 0) is 11.6 Å². The lowest BCUT2D eigenvalue weighted by molar-refractivity contribution is 0.832. The van der Waals surface area contributed by atoms with E-state index in [-0.39, 0.29) is 0 Å². The molecule has 1 aliphatic heterocycles. The van der Waals surface area contributed by atoms with Crippen molar-refractivity contribution in [2.75, 3.05) is 5.32 Å². The standard InChI is InChI=1S/C11H7Cl3N2/c12-11(13,14)10-7(5-15)6-16-9-4-2-1-3-8(9)10/h1-4,6,10,16H. The van der Waals surface area contributed by atoms with E-state index in [0.29, 0.717) is 5.57 Å². The normalized spacial score (nSPS) is 19.1. The maximum atomic E-state index is 9.02. The zero-order chi connectivity index (χ0) is 11.8. The number of alkyl halides is 3. The average Bonchev–Trinajstić information content (AvgIpc) is 2.26. The van der Waals surface area contributed by atoms with Crippen LogP contribution in [0.5, 0.6) is 0 Å². The summed E-state index contributed by atoms with van der Waals surface area (Å²) in [6.07, 6.45) is 1.58. The van der Waals surface area contributed by atoms with Gasteiger partial charge in [0.25, 0.3) is 0 Å². The number of hydrogen-bond acceptors (Lipinski definition) is 2. The molecule has 1 unspecified atom stereocenters.